The maximum absolute atomic E-state index is 14.1. The first-order chi connectivity index (χ1) is 18.9. The van der Waals surface area contributed by atoms with Crippen molar-refractivity contribution in [3.8, 4) is 11.1 Å². The van der Waals surface area contributed by atoms with Gasteiger partial charge in [0.15, 0.2) is 0 Å². The molecule has 12 heteroatoms. The van der Waals surface area contributed by atoms with Crippen LogP contribution in [0.25, 0.3) is 11.1 Å². The third-order valence-corrected chi connectivity index (χ3v) is 7.45. The van der Waals surface area contributed by atoms with E-state index < -0.39 is 51.1 Å². The summed E-state index contributed by atoms with van der Waals surface area (Å²) < 4.78 is 69.7. The number of halogens is 3. The minimum atomic E-state index is -4.30. The van der Waals surface area contributed by atoms with Gasteiger partial charge in [-0.15, -0.1) is 0 Å². The number of benzene rings is 3. The molecule has 1 heterocycles. The Morgan fingerprint density at radius 3 is 2.33 bits per heavy atom. The van der Waals surface area contributed by atoms with E-state index in [2.05, 4.69) is 10.3 Å². The van der Waals surface area contributed by atoms with Crippen molar-refractivity contribution >= 4 is 22.0 Å². The van der Waals surface area contributed by atoms with E-state index in [1.54, 1.807) is 19.1 Å². The second kappa shape index (κ2) is 11.6. The van der Waals surface area contributed by atoms with Crippen LogP contribution in [0, 0.1) is 24.4 Å². The molecule has 0 fully saturated rings. The highest BCUT2D eigenvalue weighted by atomic mass is 32.2. The SMILES string of the molecule is Cc1ccccc1S(=O)(=O)NC(=O)N[C@@H](Cc1cc(F)cc(F)c1)c1ncccc1-c1ccc(F)c(C(=O)O)c1. The van der Waals surface area contributed by atoms with Crippen LogP contribution >= 0.6 is 0 Å². The number of pyridine rings is 1. The zero-order chi connectivity index (χ0) is 29.0. The maximum Gasteiger partial charge on any atom is 0.338 e. The van der Waals surface area contributed by atoms with Gasteiger partial charge in [-0.25, -0.2) is 35.9 Å². The van der Waals surface area contributed by atoms with Crippen LogP contribution in [0.1, 0.15) is 33.2 Å². The van der Waals surface area contributed by atoms with Gasteiger partial charge in [0.1, 0.15) is 17.5 Å². The van der Waals surface area contributed by atoms with Crippen LogP contribution in [0.2, 0.25) is 0 Å². The number of aromatic carboxylic acids is 1. The Morgan fingerprint density at radius 1 is 0.950 bits per heavy atom. The highest BCUT2D eigenvalue weighted by Gasteiger charge is 2.25. The molecule has 206 valence electrons. The number of carbonyl (C=O) groups is 2. The van der Waals surface area contributed by atoms with Gasteiger partial charge in [-0.2, -0.15) is 0 Å². The van der Waals surface area contributed by atoms with Gasteiger partial charge < -0.3 is 10.4 Å². The Bertz CT molecular complexity index is 1690. The fraction of sp³-hybridized carbons (Fsp3) is 0.107. The number of sulfonamides is 1. The molecule has 0 radical (unpaired) electrons. The monoisotopic (exact) mass is 569 g/mol. The fourth-order valence-electron chi connectivity index (χ4n) is 4.20. The smallest absolute Gasteiger partial charge is 0.338 e. The number of nitrogens with zero attached hydrogens (tertiary/aromatic N) is 1. The fourth-order valence-corrected chi connectivity index (χ4v) is 5.36. The first-order valence-corrected chi connectivity index (χ1v) is 13.2. The number of amides is 2. The molecule has 0 aliphatic carbocycles. The van der Waals surface area contributed by atoms with Crippen LogP contribution in [0.3, 0.4) is 0 Å². The Labute approximate surface area is 227 Å². The molecule has 0 saturated carbocycles. The molecule has 2 amide bonds. The number of rotatable bonds is 8. The third-order valence-electron chi connectivity index (χ3n) is 5.95. The lowest BCUT2D eigenvalue weighted by molar-refractivity contribution is 0.0692. The highest BCUT2D eigenvalue weighted by Crippen LogP contribution is 2.30. The maximum atomic E-state index is 14.1. The van der Waals surface area contributed by atoms with Gasteiger partial charge in [0.2, 0.25) is 0 Å². The van der Waals surface area contributed by atoms with Crippen LogP contribution < -0.4 is 10.0 Å². The molecule has 4 rings (SSSR count). The predicted octanol–water partition coefficient (Wildman–Crippen LogP) is 5.14. The molecule has 1 atom stereocenters. The summed E-state index contributed by atoms with van der Waals surface area (Å²) in [7, 11) is -4.30. The number of aromatic nitrogens is 1. The highest BCUT2D eigenvalue weighted by molar-refractivity contribution is 7.90. The summed E-state index contributed by atoms with van der Waals surface area (Å²) in [6, 6.07) is 12.9. The van der Waals surface area contributed by atoms with E-state index in [0.717, 1.165) is 24.3 Å². The molecule has 0 saturated heterocycles. The Morgan fingerprint density at radius 2 is 1.65 bits per heavy atom. The number of nitrogens with one attached hydrogen (secondary N) is 2. The van der Waals surface area contributed by atoms with Gasteiger partial charge >= 0.3 is 12.0 Å². The summed E-state index contributed by atoms with van der Waals surface area (Å²) in [5.74, 6) is -4.21. The first kappa shape index (κ1) is 28.3. The number of hydrogen-bond acceptors (Lipinski definition) is 5. The van der Waals surface area contributed by atoms with Gasteiger partial charge in [0, 0.05) is 17.8 Å². The molecule has 0 aliphatic heterocycles. The van der Waals surface area contributed by atoms with Crippen LogP contribution in [0.15, 0.2) is 83.9 Å². The van der Waals surface area contributed by atoms with Crippen molar-refractivity contribution in [3.05, 3.63) is 119 Å². The largest absolute Gasteiger partial charge is 0.478 e. The summed E-state index contributed by atoms with van der Waals surface area (Å²) in [6.07, 6.45) is 1.13. The topological polar surface area (TPSA) is 125 Å². The Kier molecular flexibility index (Phi) is 8.19. The zero-order valence-electron chi connectivity index (χ0n) is 20.9. The van der Waals surface area contributed by atoms with Crippen LogP contribution in [-0.2, 0) is 16.4 Å². The van der Waals surface area contributed by atoms with Gasteiger partial charge in [0.05, 0.1) is 22.2 Å². The van der Waals surface area contributed by atoms with E-state index in [-0.39, 0.29) is 33.7 Å². The first-order valence-electron chi connectivity index (χ1n) is 11.8. The number of carbonyl (C=O) groups excluding carboxylic acids is 1. The molecule has 3 aromatic carbocycles. The average Bonchev–Trinajstić information content (AvgIpc) is 2.87. The van der Waals surface area contributed by atoms with Gasteiger partial charge in [-0.3, -0.25) is 4.98 Å². The molecule has 0 bridgehead atoms. The number of carboxylic acid groups (broad SMARTS) is 1. The summed E-state index contributed by atoms with van der Waals surface area (Å²) in [5.41, 5.74) is 0.518. The van der Waals surface area contributed by atoms with Crippen LogP contribution in [-0.4, -0.2) is 30.5 Å². The summed E-state index contributed by atoms with van der Waals surface area (Å²) in [5, 5.41) is 11.9. The molecular weight excluding hydrogens is 547 g/mol. The summed E-state index contributed by atoms with van der Waals surface area (Å²) in [6.45, 7) is 1.56. The standard InChI is InChI=1S/C28H22F3N3O5S/c1-16-5-2-3-7-25(16)40(38,39)34-28(37)33-24(13-17-11-19(29)15-20(30)12-17)26-21(6-4-10-32-26)18-8-9-23(31)22(14-18)27(35)36/h2-12,14-15,24H,13H2,1H3,(H,35,36)(H2,33,34,37)/t24-/m0/s1. The lowest BCUT2D eigenvalue weighted by Gasteiger charge is -2.22. The lowest BCUT2D eigenvalue weighted by atomic mass is 9.94. The summed E-state index contributed by atoms with van der Waals surface area (Å²) in [4.78, 5) is 28.7. The molecular formula is C28H22F3N3O5S. The third kappa shape index (κ3) is 6.46. The molecule has 1 aromatic heterocycles. The van der Waals surface area contributed by atoms with Gasteiger partial charge in [-0.1, -0.05) is 30.3 Å². The van der Waals surface area contributed by atoms with E-state index in [0.29, 0.717) is 11.6 Å². The van der Waals surface area contributed by atoms with E-state index in [1.165, 1.54) is 36.5 Å². The van der Waals surface area contributed by atoms with Gasteiger partial charge in [-0.05, 0) is 66.4 Å². The van der Waals surface area contributed by atoms with Crippen molar-refractivity contribution in [2.75, 3.05) is 0 Å². The quantitative estimate of drug-likeness (QED) is 0.270. The normalized spacial score (nSPS) is 12.0. The van der Waals surface area contributed by atoms with Crippen molar-refractivity contribution in [1.82, 2.24) is 15.0 Å². The minimum Gasteiger partial charge on any atom is -0.478 e. The molecule has 4 aromatic rings. The Hall–Kier alpha value is -4.71. The zero-order valence-corrected chi connectivity index (χ0v) is 21.7. The van der Waals surface area contributed by atoms with Crippen molar-refractivity contribution in [3.63, 3.8) is 0 Å². The van der Waals surface area contributed by atoms with E-state index >= 15 is 0 Å². The van der Waals surface area contributed by atoms with Crippen molar-refractivity contribution in [1.29, 1.82) is 0 Å². The minimum absolute atomic E-state index is 0.110. The lowest BCUT2D eigenvalue weighted by Crippen LogP contribution is -2.42. The molecule has 40 heavy (non-hydrogen) atoms. The van der Waals surface area contributed by atoms with Crippen molar-refractivity contribution < 1.29 is 36.3 Å². The number of hydrogen-bond donors (Lipinski definition) is 3. The number of urea groups is 1. The molecule has 0 aliphatic rings. The number of aryl methyl sites for hydroxylation is 1. The predicted molar refractivity (Wildman–Crippen MR) is 139 cm³/mol. The van der Waals surface area contributed by atoms with E-state index in [4.69, 9.17) is 0 Å². The van der Waals surface area contributed by atoms with Crippen molar-refractivity contribution in [2.24, 2.45) is 0 Å². The average molecular weight is 570 g/mol. The van der Waals surface area contributed by atoms with Crippen molar-refractivity contribution in [2.45, 2.75) is 24.3 Å². The summed E-state index contributed by atoms with van der Waals surface area (Å²) >= 11 is 0. The molecule has 8 nitrogen and oxygen atoms in total. The molecule has 0 spiro atoms. The van der Waals surface area contributed by atoms with E-state index in [9.17, 15) is 36.3 Å². The number of carboxylic acids is 1. The van der Waals surface area contributed by atoms with E-state index in [1.807, 2.05) is 4.72 Å². The second-order valence-corrected chi connectivity index (χ2v) is 10.5. The molecule has 3 N–H and O–H groups in total. The van der Waals surface area contributed by atoms with Crippen LogP contribution in [0.4, 0.5) is 18.0 Å². The Balaban J connectivity index is 1.75. The molecule has 0 unspecified atom stereocenters. The van der Waals surface area contributed by atoms with Crippen LogP contribution in [0.5, 0.6) is 0 Å². The second-order valence-electron chi connectivity index (χ2n) is 8.81. The van der Waals surface area contributed by atoms with Gasteiger partial charge in [0.25, 0.3) is 10.0 Å².